The molecule has 1 aliphatic carbocycles. The van der Waals surface area contributed by atoms with Crippen LogP contribution in [0.4, 0.5) is 0 Å². The Balaban J connectivity index is 1.89. The van der Waals surface area contributed by atoms with E-state index in [1.165, 1.54) is 11.8 Å². The van der Waals surface area contributed by atoms with E-state index in [-0.39, 0.29) is 17.5 Å². The first-order valence-electron chi connectivity index (χ1n) is 10.3. The molecule has 7 heteroatoms. The van der Waals surface area contributed by atoms with E-state index in [4.69, 9.17) is 4.98 Å². The van der Waals surface area contributed by atoms with Crippen molar-refractivity contribution in [1.82, 2.24) is 14.9 Å². The van der Waals surface area contributed by atoms with Gasteiger partial charge in [-0.15, -0.1) is 0 Å². The molecule has 0 unspecified atom stereocenters. The summed E-state index contributed by atoms with van der Waals surface area (Å²) in [5.41, 5.74) is -0.217. The number of nitriles is 1. The van der Waals surface area contributed by atoms with E-state index in [2.05, 4.69) is 11.4 Å². The van der Waals surface area contributed by atoms with Crippen LogP contribution >= 0.6 is 11.8 Å². The number of benzene rings is 1. The van der Waals surface area contributed by atoms with Crippen LogP contribution in [0, 0.1) is 11.3 Å². The average Bonchev–Trinajstić information content (AvgIpc) is 2.74. The third-order valence-corrected chi connectivity index (χ3v) is 6.81. The van der Waals surface area contributed by atoms with Gasteiger partial charge in [-0.1, -0.05) is 50.1 Å². The van der Waals surface area contributed by atoms with E-state index in [9.17, 15) is 14.9 Å². The van der Waals surface area contributed by atoms with Crippen LogP contribution in [-0.4, -0.2) is 26.2 Å². The highest BCUT2D eigenvalue weighted by atomic mass is 32.2. The van der Waals surface area contributed by atoms with Crippen LogP contribution < -0.4 is 10.9 Å². The lowest BCUT2D eigenvalue weighted by Gasteiger charge is -2.32. The molecule has 0 bridgehead atoms. The first-order chi connectivity index (χ1) is 13.9. The number of fused-ring (bicyclic) bond motifs is 1. The Bertz CT molecular complexity index is 988. The highest BCUT2D eigenvalue weighted by molar-refractivity contribution is 8.00. The van der Waals surface area contributed by atoms with E-state index >= 15 is 0 Å². The van der Waals surface area contributed by atoms with Gasteiger partial charge in [-0.05, 0) is 45.2 Å². The molecule has 2 atom stereocenters. The molecule has 1 fully saturated rings. The fraction of sp³-hybridized carbons (Fsp3) is 0.545. The number of amides is 1. The van der Waals surface area contributed by atoms with Crippen LogP contribution in [0.25, 0.3) is 10.9 Å². The number of nitrogens with one attached hydrogen (secondary N) is 1. The maximum absolute atomic E-state index is 13.1. The number of aromatic nitrogens is 2. The summed E-state index contributed by atoms with van der Waals surface area (Å²) in [6.07, 6.45) is 5.18. The number of nitrogens with zero attached hydrogens (tertiary/aromatic N) is 3. The number of carbonyl (C=O) groups excluding carboxylic acids is 1. The van der Waals surface area contributed by atoms with Crippen molar-refractivity contribution < 1.29 is 4.79 Å². The van der Waals surface area contributed by atoms with Gasteiger partial charge < -0.3 is 5.32 Å². The molecule has 6 nitrogen and oxygen atoms in total. The molecule has 1 N–H and O–H groups in total. The molecule has 0 aliphatic heterocycles. The number of thioether (sulfide) groups is 1. The molecule has 1 aromatic heterocycles. The van der Waals surface area contributed by atoms with Gasteiger partial charge in [0.25, 0.3) is 5.56 Å². The summed E-state index contributed by atoms with van der Waals surface area (Å²) in [5, 5.41) is 13.3. The highest BCUT2D eigenvalue weighted by Crippen LogP contribution is 2.30. The Morgan fingerprint density at radius 3 is 2.66 bits per heavy atom. The molecule has 0 spiro atoms. The first kappa shape index (κ1) is 21.4. The number of hydrogen-bond acceptors (Lipinski definition) is 5. The van der Waals surface area contributed by atoms with Crippen molar-refractivity contribution in [2.24, 2.45) is 0 Å². The molecule has 1 amide bonds. The van der Waals surface area contributed by atoms with Gasteiger partial charge in [0.05, 0.1) is 22.2 Å². The van der Waals surface area contributed by atoms with Crippen molar-refractivity contribution in [3.63, 3.8) is 0 Å². The molecule has 1 aromatic carbocycles. The largest absolute Gasteiger partial charge is 0.337 e. The second-order valence-electron chi connectivity index (χ2n) is 7.85. The minimum absolute atomic E-state index is 0.0267. The maximum atomic E-state index is 13.1. The Hall–Kier alpha value is -2.33. The number of hydrogen-bond donors (Lipinski definition) is 1. The summed E-state index contributed by atoms with van der Waals surface area (Å²) in [6.45, 7) is 5.81. The topological polar surface area (TPSA) is 87.8 Å². The lowest BCUT2D eigenvalue weighted by atomic mass is 9.83. The quantitative estimate of drug-likeness (QED) is 0.568. The zero-order chi connectivity index (χ0) is 21.0. The van der Waals surface area contributed by atoms with E-state index in [1.807, 2.05) is 32.0 Å². The zero-order valence-electron chi connectivity index (χ0n) is 17.3. The third-order valence-electron chi connectivity index (χ3n) is 5.74. The van der Waals surface area contributed by atoms with Crippen LogP contribution in [0.1, 0.15) is 65.3 Å². The number of carbonyl (C=O) groups is 1. The van der Waals surface area contributed by atoms with Crippen molar-refractivity contribution in [2.75, 3.05) is 0 Å². The van der Waals surface area contributed by atoms with Crippen LogP contribution in [-0.2, 0) is 4.79 Å². The van der Waals surface area contributed by atoms with Gasteiger partial charge in [0.1, 0.15) is 5.54 Å². The molecule has 0 radical (unpaired) electrons. The fourth-order valence-corrected chi connectivity index (χ4v) is 4.76. The third kappa shape index (κ3) is 4.48. The van der Waals surface area contributed by atoms with Crippen LogP contribution in [0.3, 0.4) is 0 Å². The molecule has 1 heterocycles. The van der Waals surface area contributed by atoms with E-state index in [0.717, 1.165) is 25.7 Å². The average molecular weight is 413 g/mol. The van der Waals surface area contributed by atoms with Gasteiger partial charge >= 0.3 is 0 Å². The summed E-state index contributed by atoms with van der Waals surface area (Å²) in [6, 6.07) is 9.59. The zero-order valence-corrected chi connectivity index (χ0v) is 18.1. The lowest BCUT2D eigenvalue weighted by molar-refractivity contribution is -0.121. The SMILES string of the molecule is CC[C@@H](C)n1c(S[C@@H](C)C(=O)NC2(C#N)CCCCC2)nc2ccccc2c1=O. The summed E-state index contributed by atoms with van der Waals surface area (Å²) in [7, 11) is 0. The monoisotopic (exact) mass is 412 g/mol. The molecular weight excluding hydrogens is 384 g/mol. The first-order valence-corrected chi connectivity index (χ1v) is 11.2. The molecule has 1 aliphatic rings. The fourth-order valence-electron chi connectivity index (χ4n) is 3.75. The Kier molecular flexibility index (Phi) is 6.63. The minimum Gasteiger partial charge on any atom is -0.337 e. The standard InChI is InChI=1S/C22H28N4O2S/c1-4-15(2)26-20(28)17-10-6-7-11-18(17)24-21(26)29-16(3)19(27)25-22(14-23)12-8-5-9-13-22/h6-7,10-11,15-16H,4-5,8-9,12-13H2,1-3H3,(H,25,27)/t15-,16+/m1/s1. The van der Waals surface area contributed by atoms with Crippen molar-refractivity contribution >= 4 is 28.6 Å². The predicted octanol–water partition coefficient (Wildman–Crippen LogP) is 4.19. The number of rotatable bonds is 6. The smallest absolute Gasteiger partial charge is 0.262 e. The molecule has 0 saturated heterocycles. The summed E-state index contributed by atoms with van der Waals surface area (Å²) in [4.78, 5) is 30.7. The van der Waals surface area contributed by atoms with Gasteiger partial charge in [0.2, 0.25) is 5.91 Å². The second-order valence-corrected chi connectivity index (χ2v) is 9.16. The Morgan fingerprint density at radius 2 is 2.00 bits per heavy atom. The van der Waals surface area contributed by atoms with Crippen LogP contribution in [0.5, 0.6) is 0 Å². The van der Waals surface area contributed by atoms with Gasteiger partial charge in [0, 0.05) is 6.04 Å². The second kappa shape index (κ2) is 9.00. The minimum atomic E-state index is -0.767. The molecule has 154 valence electrons. The van der Waals surface area contributed by atoms with E-state index in [1.54, 1.807) is 17.6 Å². The Labute approximate surface area is 175 Å². The van der Waals surface area contributed by atoms with Gasteiger partial charge in [-0.25, -0.2) is 4.98 Å². The van der Waals surface area contributed by atoms with Crippen molar-refractivity contribution in [2.45, 2.75) is 81.3 Å². The van der Waals surface area contributed by atoms with Gasteiger partial charge in [0.15, 0.2) is 5.16 Å². The van der Waals surface area contributed by atoms with Crippen LogP contribution in [0.2, 0.25) is 0 Å². The van der Waals surface area contributed by atoms with Crippen molar-refractivity contribution in [1.29, 1.82) is 5.26 Å². The predicted molar refractivity (Wildman–Crippen MR) is 116 cm³/mol. The molecule has 29 heavy (non-hydrogen) atoms. The molecular formula is C22H28N4O2S. The van der Waals surface area contributed by atoms with Crippen LogP contribution in [0.15, 0.2) is 34.2 Å². The summed E-state index contributed by atoms with van der Waals surface area (Å²) < 4.78 is 1.69. The summed E-state index contributed by atoms with van der Waals surface area (Å²) in [5.74, 6) is -0.184. The van der Waals surface area contributed by atoms with E-state index < -0.39 is 10.8 Å². The van der Waals surface area contributed by atoms with Crippen molar-refractivity contribution in [3.8, 4) is 6.07 Å². The highest BCUT2D eigenvalue weighted by Gasteiger charge is 2.35. The van der Waals surface area contributed by atoms with E-state index in [0.29, 0.717) is 28.9 Å². The Morgan fingerprint density at radius 1 is 1.31 bits per heavy atom. The maximum Gasteiger partial charge on any atom is 0.262 e. The van der Waals surface area contributed by atoms with Gasteiger partial charge in [-0.3, -0.25) is 14.2 Å². The summed E-state index contributed by atoms with van der Waals surface area (Å²) >= 11 is 1.28. The normalized spacial score (nSPS) is 18.0. The number of para-hydroxylation sites is 1. The molecule has 2 aromatic rings. The molecule has 1 saturated carbocycles. The van der Waals surface area contributed by atoms with Crippen molar-refractivity contribution in [3.05, 3.63) is 34.6 Å². The van der Waals surface area contributed by atoms with Gasteiger partial charge in [-0.2, -0.15) is 5.26 Å². The lowest BCUT2D eigenvalue weighted by Crippen LogP contribution is -2.51. The molecule has 3 rings (SSSR count).